The Balaban J connectivity index is 1.89. The lowest BCUT2D eigenvalue weighted by molar-refractivity contribution is 0.115. The van der Waals surface area contributed by atoms with Crippen molar-refractivity contribution in [2.45, 2.75) is 44.9 Å². The molecule has 0 aromatic heterocycles. The van der Waals surface area contributed by atoms with E-state index in [0.29, 0.717) is 12.6 Å². The average molecular weight is 296 g/mol. The van der Waals surface area contributed by atoms with Crippen molar-refractivity contribution in [3.63, 3.8) is 0 Å². The molecule has 2 heterocycles. The van der Waals surface area contributed by atoms with Gasteiger partial charge in [0.1, 0.15) is 17.3 Å². The Bertz CT molecular complexity index is 500. The van der Waals surface area contributed by atoms with Crippen LogP contribution in [0.4, 0.5) is 14.5 Å². The molecule has 0 radical (unpaired) electrons. The molecule has 1 N–H and O–H groups in total. The predicted octanol–water partition coefficient (Wildman–Crippen LogP) is 2.52. The Kier molecular flexibility index (Phi) is 4.13. The molecule has 0 aliphatic carbocycles. The third kappa shape index (κ3) is 2.77. The molecular formula is C16H22F2N2O. The Hall–Kier alpha value is -1.20. The summed E-state index contributed by atoms with van der Waals surface area (Å²) >= 11 is 0. The monoisotopic (exact) mass is 296 g/mol. The first kappa shape index (κ1) is 14.7. The summed E-state index contributed by atoms with van der Waals surface area (Å²) in [5.41, 5.74) is 0.336. The SMILES string of the molecule is CC1CN2CCCCC2CN1c1c(F)cc(CO)cc1F. The number of hydrogen-bond donors (Lipinski definition) is 1. The second kappa shape index (κ2) is 5.89. The summed E-state index contributed by atoms with van der Waals surface area (Å²) in [6.45, 7) is 4.29. The lowest BCUT2D eigenvalue weighted by atomic mass is 9.96. The average Bonchev–Trinajstić information content (AvgIpc) is 2.46. The predicted molar refractivity (Wildman–Crippen MR) is 78.3 cm³/mol. The Morgan fingerprint density at radius 1 is 1.19 bits per heavy atom. The van der Waals surface area contributed by atoms with Crippen molar-refractivity contribution in [1.29, 1.82) is 0 Å². The molecule has 2 atom stereocenters. The normalized spacial score (nSPS) is 26.8. The van der Waals surface area contributed by atoms with Gasteiger partial charge in [0.05, 0.1) is 6.61 Å². The third-order valence-corrected chi connectivity index (χ3v) is 4.73. The first-order chi connectivity index (χ1) is 10.1. The first-order valence-corrected chi connectivity index (χ1v) is 7.69. The first-order valence-electron chi connectivity index (χ1n) is 7.69. The lowest BCUT2D eigenvalue weighted by Gasteiger charge is -2.48. The van der Waals surface area contributed by atoms with Gasteiger partial charge in [0, 0.05) is 25.2 Å². The van der Waals surface area contributed by atoms with Crippen LogP contribution in [0.2, 0.25) is 0 Å². The van der Waals surface area contributed by atoms with Gasteiger partial charge >= 0.3 is 0 Å². The Morgan fingerprint density at radius 2 is 1.90 bits per heavy atom. The number of halogens is 2. The van der Waals surface area contributed by atoms with Crippen LogP contribution in [-0.4, -0.2) is 41.7 Å². The van der Waals surface area contributed by atoms with E-state index in [9.17, 15) is 8.78 Å². The number of anilines is 1. The van der Waals surface area contributed by atoms with Crippen LogP contribution < -0.4 is 4.90 Å². The van der Waals surface area contributed by atoms with Gasteiger partial charge in [0.2, 0.25) is 0 Å². The largest absolute Gasteiger partial charge is 0.392 e. The molecule has 1 aromatic carbocycles. The van der Waals surface area contributed by atoms with Crippen LogP contribution in [0.25, 0.3) is 0 Å². The number of fused-ring (bicyclic) bond motifs is 1. The topological polar surface area (TPSA) is 26.7 Å². The van der Waals surface area contributed by atoms with Crippen molar-refractivity contribution < 1.29 is 13.9 Å². The molecule has 2 aliphatic heterocycles. The molecule has 0 spiro atoms. The highest BCUT2D eigenvalue weighted by molar-refractivity contribution is 5.52. The van der Waals surface area contributed by atoms with Crippen LogP contribution in [0, 0.1) is 11.6 Å². The van der Waals surface area contributed by atoms with Gasteiger partial charge in [0.25, 0.3) is 0 Å². The van der Waals surface area contributed by atoms with Gasteiger partial charge in [-0.3, -0.25) is 4.90 Å². The van der Waals surface area contributed by atoms with E-state index in [1.54, 1.807) is 0 Å². The van der Waals surface area contributed by atoms with Crippen LogP contribution in [-0.2, 0) is 6.61 Å². The van der Waals surface area contributed by atoms with Crippen LogP contribution >= 0.6 is 0 Å². The molecule has 5 heteroatoms. The highest BCUT2D eigenvalue weighted by Gasteiger charge is 2.35. The second-order valence-electron chi connectivity index (χ2n) is 6.21. The zero-order chi connectivity index (χ0) is 15.0. The molecule has 21 heavy (non-hydrogen) atoms. The molecule has 0 saturated carbocycles. The fourth-order valence-electron chi connectivity index (χ4n) is 3.65. The van der Waals surface area contributed by atoms with Crippen LogP contribution in [0.1, 0.15) is 31.7 Å². The van der Waals surface area contributed by atoms with Crippen LogP contribution in [0.5, 0.6) is 0 Å². The van der Waals surface area contributed by atoms with Crippen molar-refractivity contribution in [3.8, 4) is 0 Å². The van der Waals surface area contributed by atoms with E-state index in [1.807, 2.05) is 11.8 Å². The molecule has 2 unspecified atom stereocenters. The smallest absolute Gasteiger partial charge is 0.149 e. The summed E-state index contributed by atoms with van der Waals surface area (Å²) in [5.74, 6) is -1.15. The molecular weight excluding hydrogens is 274 g/mol. The van der Waals surface area contributed by atoms with Crippen molar-refractivity contribution in [2.24, 2.45) is 0 Å². The molecule has 3 rings (SSSR count). The Morgan fingerprint density at radius 3 is 2.57 bits per heavy atom. The molecule has 116 valence electrons. The molecule has 2 saturated heterocycles. The lowest BCUT2D eigenvalue weighted by Crippen LogP contribution is -2.59. The number of aliphatic hydroxyl groups is 1. The highest BCUT2D eigenvalue weighted by Crippen LogP contribution is 2.32. The van der Waals surface area contributed by atoms with Gasteiger partial charge in [-0.05, 0) is 44.0 Å². The minimum atomic E-state index is -0.574. The van der Waals surface area contributed by atoms with Crippen molar-refractivity contribution >= 4 is 5.69 Å². The second-order valence-corrected chi connectivity index (χ2v) is 6.21. The highest BCUT2D eigenvalue weighted by atomic mass is 19.1. The molecule has 3 nitrogen and oxygen atoms in total. The summed E-state index contributed by atoms with van der Waals surface area (Å²) in [4.78, 5) is 4.31. The van der Waals surface area contributed by atoms with Crippen molar-refractivity contribution in [2.75, 3.05) is 24.5 Å². The molecule has 2 aliphatic rings. The van der Waals surface area contributed by atoms with Crippen LogP contribution in [0.15, 0.2) is 12.1 Å². The number of piperidine rings is 1. The van der Waals surface area contributed by atoms with Gasteiger partial charge in [-0.25, -0.2) is 8.78 Å². The van der Waals surface area contributed by atoms with E-state index in [2.05, 4.69) is 4.90 Å². The number of aliphatic hydroxyl groups excluding tert-OH is 1. The van der Waals surface area contributed by atoms with Crippen molar-refractivity contribution in [3.05, 3.63) is 29.3 Å². The van der Waals surface area contributed by atoms with Crippen LogP contribution in [0.3, 0.4) is 0 Å². The Labute approximate surface area is 124 Å². The standard InChI is InChI=1S/C16H22F2N2O/c1-11-8-19-5-3-2-4-13(19)9-20(11)16-14(17)6-12(10-21)7-15(16)18/h6-7,11,13,21H,2-5,8-10H2,1H3. The quantitative estimate of drug-likeness (QED) is 0.908. The fourth-order valence-corrected chi connectivity index (χ4v) is 3.65. The minimum absolute atomic E-state index is 0.0601. The summed E-state index contributed by atoms with van der Waals surface area (Å²) in [6, 6.07) is 2.95. The van der Waals surface area contributed by atoms with Crippen molar-refractivity contribution in [1.82, 2.24) is 4.90 Å². The molecule has 1 aromatic rings. The number of nitrogens with zero attached hydrogens (tertiary/aromatic N) is 2. The number of rotatable bonds is 2. The molecule has 0 bridgehead atoms. The van der Waals surface area contributed by atoms with Gasteiger partial charge in [-0.2, -0.15) is 0 Å². The van der Waals surface area contributed by atoms with E-state index in [0.717, 1.165) is 19.5 Å². The van der Waals surface area contributed by atoms with Gasteiger partial charge in [-0.15, -0.1) is 0 Å². The maximum absolute atomic E-state index is 14.3. The van der Waals surface area contributed by atoms with E-state index >= 15 is 0 Å². The number of benzene rings is 1. The van der Waals surface area contributed by atoms with E-state index in [4.69, 9.17) is 5.11 Å². The summed E-state index contributed by atoms with van der Waals surface area (Å²) < 4.78 is 28.5. The molecule has 2 fully saturated rings. The maximum Gasteiger partial charge on any atom is 0.149 e. The minimum Gasteiger partial charge on any atom is -0.392 e. The van der Waals surface area contributed by atoms with Gasteiger partial charge < -0.3 is 10.0 Å². The summed E-state index contributed by atoms with van der Waals surface area (Å²) in [5, 5.41) is 9.04. The van der Waals surface area contributed by atoms with E-state index in [-0.39, 0.29) is 23.9 Å². The van der Waals surface area contributed by atoms with E-state index in [1.165, 1.54) is 25.0 Å². The number of hydrogen-bond acceptors (Lipinski definition) is 3. The maximum atomic E-state index is 14.3. The number of piperazine rings is 1. The third-order valence-electron chi connectivity index (χ3n) is 4.73. The summed E-state index contributed by atoms with van der Waals surface area (Å²) in [7, 11) is 0. The molecule has 0 amide bonds. The summed E-state index contributed by atoms with van der Waals surface area (Å²) in [6.07, 6.45) is 3.51. The zero-order valence-electron chi connectivity index (χ0n) is 12.4. The van der Waals surface area contributed by atoms with Gasteiger partial charge in [0.15, 0.2) is 0 Å². The van der Waals surface area contributed by atoms with Gasteiger partial charge in [-0.1, -0.05) is 6.42 Å². The zero-order valence-corrected chi connectivity index (χ0v) is 12.4. The fraction of sp³-hybridized carbons (Fsp3) is 0.625. The van der Waals surface area contributed by atoms with E-state index < -0.39 is 11.6 Å².